The molecule has 0 aliphatic rings. The molecule has 0 radical (unpaired) electrons. The third-order valence-electron chi connectivity index (χ3n) is 13.0. The predicted molar refractivity (Wildman–Crippen MR) is 314 cm³/mol. The molecule has 8 nitrogen and oxygen atoms in total. The molecule has 0 amide bonds. The monoisotopic (exact) mass is 1040 g/mol. The summed E-state index contributed by atoms with van der Waals surface area (Å²) < 4.78 is 34.9. The van der Waals surface area contributed by atoms with Crippen molar-refractivity contribution in [3.05, 3.63) is 85.1 Å². The first kappa shape index (κ1) is 70.7. The number of carbonyl (C=O) groups excluding carboxylic acids is 1. The van der Waals surface area contributed by atoms with Crippen LogP contribution in [0.15, 0.2) is 85.1 Å². The van der Waals surface area contributed by atoms with Crippen molar-refractivity contribution in [1.29, 1.82) is 0 Å². The highest BCUT2D eigenvalue weighted by molar-refractivity contribution is 7.45. The predicted octanol–water partition coefficient (Wildman–Crippen LogP) is 18.9. The Hall–Kier alpha value is -2.32. The highest BCUT2D eigenvalue weighted by atomic mass is 31.2. The Balaban J connectivity index is 4.11. The van der Waals surface area contributed by atoms with Crippen LogP contribution < -0.4 is 4.89 Å². The zero-order valence-electron chi connectivity index (χ0n) is 48.3. The van der Waals surface area contributed by atoms with Crippen LogP contribution in [-0.2, 0) is 27.9 Å². The molecular weight excluding hydrogens is 926 g/mol. The van der Waals surface area contributed by atoms with Crippen molar-refractivity contribution in [3.63, 3.8) is 0 Å². The van der Waals surface area contributed by atoms with E-state index < -0.39 is 13.9 Å². The second-order valence-corrected chi connectivity index (χ2v) is 22.7. The number of likely N-dealkylation sites (N-methyl/N-ethyl adjacent to an activating group) is 1. The summed E-state index contributed by atoms with van der Waals surface area (Å²) in [5, 5.41) is 0. The normalized spacial score (nSPS) is 14.0. The van der Waals surface area contributed by atoms with Crippen LogP contribution in [-0.4, -0.2) is 70.7 Å². The fourth-order valence-corrected chi connectivity index (χ4v) is 9.08. The van der Waals surface area contributed by atoms with Crippen LogP contribution in [0.3, 0.4) is 0 Å². The van der Waals surface area contributed by atoms with Gasteiger partial charge < -0.3 is 27.9 Å². The number of carbonyl (C=O) groups is 1. The van der Waals surface area contributed by atoms with Gasteiger partial charge in [-0.15, -0.1) is 0 Å². The molecule has 0 aromatic carbocycles. The van der Waals surface area contributed by atoms with E-state index >= 15 is 0 Å². The molecule has 2 unspecified atom stereocenters. The minimum atomic E-state index is -4.55. The van der Waals surface area contributed by atoms with Crippen molar-refractivity contribution in [3.8, 4) is 0 Å². The Morgan fingerprint density at radius 1 is 0.438 bits per heavy atom. The molecule has 73 heavy (non-hydrogen) atoms. The Kier molecular flexibility index (Phi) is 54.1. The molecule has 0 N–H and O–H groups in total. The summed E-state index contributed by atoms with van der Waals surface area (Å²) in [6, 6.07) is 0. The van der Waals surface area contributed by atoms with Gasteiger partial charge in [0.25, 0.3) is 7.82 Å². The number of unbranched alkanes of at least 4 members (excludes halogenated alkanes) is 28. The van der Waals surface area contributed by atoms with Gasteiger partial charge in [0, 0.05) is 13.0 Å². The molecule has 0 fully saturated rings. The molecule has 0 aliphatic heterocycles. The van der Waals surface area contributed by atoms with E-state index in [9.17, 15) is 14.3 Å². The zero-order valence-corrected chi connectivity index (χ0v) is 49.2. The van der Waals surface area contributed by atoms with E-state index in [4.69, 9.17) is 18.5 Å². The third kappa shape index (κ3) is 60.4. The van der Waals surface area contributed by atoms with E-state index in [0.717, 1.165) is 96.3 Å². The van der Waals surface area contributed by atoms with Crippen LogP contribution in [0.1, 0.15) is 258 Å². The number of quaternary nitrogens is 1. The number of allylic oxidation sites excluding steroid dienone is 14. The van der Waals surface area contributed by atoms with E-state index in [1.165, 1.54) is 141 Å². The first-order chi connectivity index (χ1) is 35.6. The fraction of sp³-hybridized carbons (Fsp3) is 0.766. The molecule has 0 aliphatic carbocycles. The molecule has 2 atom stereocenters. The number of nitrogens with zero attached hydrogens (tertiary/aromatic N) is 1. The number of phosphoric acid groups is 1. The standard InChI is InChI=1S/C64H116NO7P/c1-6-8-10-12-14-16-18-20-22-24-26-28-30-32-34-36-38-40-42-44-46-48-50-52-54-56-59-69-61-63(62-71-73(67,68)70-60-58-65(3,4)5)72-64(66)57-55-53-51-49-47-45-43-41-39-37-35-33-31-29-27-25-23-21-19-17-15-13-11-9-7-2/h8,10,14,16,20,22,26,28,32,34,38,40,44,46,63H,6-7,9,11-13,15,17-19,21,23-25,27,29-31,33,35-37,39,41-43,45,47-62H2,1-5H3/b10-8-,16-14-,22-20-,28-26-,34-32-,40-38-,46-44-. The summed E-state index contributed by atoms with van der Waals surface area (Å²) in [6.07, 6.45) is 76.4. The van der Waals surface area contributed by atoms with E-state index in [2.05, 4.69) is 98.9 Å². The van der Waals surface area contributed by atoms with Gasteiger partial charge in [0.05, 0.1) is 34.4 Å². The van der Waals surface area contributed by atoms with Crippen LogP contribution in [0.5, 0.6) is 0 Å². The zero-order chi connectivity index (χ0) is 53.3. The lowest BCUT2D eigenvalue weighted by Gasteiger charge is -2.28. The summed E-state index contributed by atoms with van der Waals surface area (Å²) in [6.45, 7) is 5.26. The van der Waals surface area contributed by atoms with Crippen molar-refractivity contribution in [2.45, 2.75) is 264 Å². The molecule has 0 spiro atoms. The van der Waals surface area contributed by atoms with Gasteiger partial charge in [-0.2, -0.15) is 0 Å². The van der Waals surface area contributed by atoms with Crippen molar-refractivity contribution in [1.82, 2.24) is 0 Å². The fourth-order valence-electron chi connectivity index (χ4n) is 8.35. The number of esters is 1. The Bertz CT molecular complexity index is 1440. The van der Waals surface area contributed by atoms with Gasteiger partial charge in [-0.1, -0.05) is 266 Å². The van der Waals surface area contributed by atoms with Gasteiger partial charge >= 0.3 is 5.97 Å². The van der Waals surface area contributed by atoms with E-state index in [1.54, 1.807) is 0 Å². The first-order valence-corrected chi connectivity index (χ1v) is 31.8. The maximum absolute atomic E-state index is 12.8. The summed E-state index contributed by atoms with van der Waals surface area (Å²) >= 11 is 0. The van der Waals surface area contributed by atoms with Crippen molar-refractivity contribution < 1.29 is 37.3 Å². The van der Waals surface area contributed by atoms with Crippen LogP contribution in [0.2, 0.25) is 0 Å². The largest absolute Gasteiger partial charge is 0.756 e. The van der Waals surface area contributed by atoms with Gasteiger partial charge in [0.15, 0.2) is 0 Å². The lowest BCUT2D eigenvalue weighted by Crippen LogP contribution is -2.37. The van der Waals surface area contributed by atoms with Crippen molar-refractivity contribution in [2.75, 3.05) is 54.1 Å². The maximum Gasteiger partial charge on any atom is 0.306 e. The minimum absolute atomic E-state index is 0.0179. The minimum Gasteiger partial charge on any atom is -0.756 e. The topological polar surface area (TPSA) is 94.1 Å². The molecule has 9 heteroatoms. The second kappa shape index (κ2) is 55.9. The Morgan fingerprint density at radius 2 is 0.795 bits per heavy atom. The van der Waals surface area contributed by atoms with E-state index in [-0.39, 0.29) is 25.8 Å². The Labute approximate surface area is 452 Å². The molecule has 0 saturated carbocycles. The number of rotatable bonds is 56. The smallest absolute Gasteiger partial charge is 0.306 e. The third-order valence-corrected chi connectivity index (χ3v) is 13.9. The molecule has 0 rings (SSSR count). The van der Waals surface area contributed by atoms with Crippen molar-refractivity contribution in [2.24, 2.45) is 0 Å². The molecule has 0 aromatic heterocycles. The quantitative estimate of drug-likeness (QED) is 0.0197. The van der Waals surface area contributed by atoms with Gasteiger partial charge in [0.2, 0.25) is 0 Å². The summed E-state index contributed by atoms with van der Waals surface area (Å²) in [5.74, 6) is -0.341. The van der Waals surface area contributed by atoms with E-state index in [1.807, 2.05) is 21.1 Å². The van der Waals surface area contributed by atoms with Gasteiger partial charge in [0.1, 0.15) is 19.3 Å². The van der Waals surface area contributed by atoms with Crippen LogP contribution in [0, 0.1) is 0 Å². The van der Waals surface area contributed by atoms with Gasteiger partial charge in [-0.3, -0.25) is 9.36 Å². The molecule has 0 aromatic rings. The number of hydrogen-bond acceptors (Lipinski definition) is 7. The molecule has 0 bridgehead atoms. The average Bonchev–Trinajstić information content (AvgIpc) is 3.35. The first-order valence-electron chi connectivity index (χ1n) is 30.3. The highest BCUT2D eigenvalue weighted by Crippen LogP contribution is 2.38. The van der Waals surface area contributed by atoms with Gasteiger partial charge in [-0.05, 0) is 70.6 Å². The van der Waals surface area contributed by atoms with Crippen LogP contribution in [0.25, 0.3) is 0 Å². The number of hydrogen-bond donors (Lipinski definition) is 0. The lowest BCUT2D eigenvalue weighted by molar-refractivity contribution is -0.870. The summed E-state index contributed by atoms with van der Waals surface area (Å²) in [7, 11) is 1.34. The van der Waals surface area contributed by atoms with Crippen molar-refractivity contribution >= 4 is 13.8 Å². The summed E-state index contributed by atoms with van der Waals surface area (Å²) in [4.78, 5) is 25.3. The maximum atomic E-state index is 12.8. The van der Waals surface area contributed by atoms with Gasteiger partial charge in [-0.25, -0.2) is 0 Å². The lowest BCUT2D eigenvalue weighted by atomic mass is 10.0. The Morgan fingerprint density at radius 3 is 1.19 bits per heavy atom. The average molecular weight is 1040 g/mol. The molecular formula is C64H116NO7P. The SMILES string of the molecule is CC/C=C\C/C=C\C/C=C\C/C=C\C/C=C\C/C=C\C/C=C\CCCCCCOCC(COP(=O)([O-])OCC[N+](C)(C)C)OC(=O)CCCCCCCCCCCCCCCCCCCCCCCCCCC. The molecule has 424 valence electrons. The highest BCUT2D eigenvalue weighted by Gasteiger charge is 2.20. The molecule has 0 heterocycles. The van der Waals surface area contributed by atoms with E-state index in [0.29, 0.717) is 24.1 Å². The van der Waals surface area contributed by atoms with Crippen LogP contribution in [0.4, 0.5) is 0 Å². The number of ether oxygens (including phenoxy) is 2. The number of phosphoric ester groups is 1. The molecule has 0 saturated heterocycles. The summed E-state index contributed by atoms with van der Waals surface area (Å²) in [5.41, 5.74) is 0. The second-order valence-electron chi connectivity index (χ2n) is 21.3. The van der Waals surface area contributed by atoms with Crippen LogP contribution >= 0.6 is 7.82 Å².